The number of nitriles is 1. The van der Waals surface area contributed by atoms with Gasteiger partial charge in [-0.15, -0.1) is 0 Å². The minimum atomic E-state index is -0.856. The molecule has 0 radical (unpaired) electrons. The Bertz CT molecular complexity index is 76.2. The van der Waals surface area contributed by atoms with Crippen molar-refractivity contribution in [2.45, 2.75) is 6.10 Å². The van der Waals surface area contributed by atoms with Crippen molar-refractivity contribution >= 4 is 0 Å². The van der Waals surface area contributed by atoms with Gasteiger partial charge in [-0.3, -0.25) is 0 Å². The quantitative estimate of drug-likeness (QED) is 0.442. The molecule has 7 heavy (non-hydrogen) atoms. The zero-order valence-electron chi connectivity index (χ0n) is 4.18. The molecule has 0 fully saturated rings. The second-order valence-electron chi connectivity index (χ2n) is 1.20. The summed E-state index contributed by atoms with van der Waals surface area (Å²) in [7, 11) is 1.68. The van der Waals surface area contributed by atoms with Gasteiger partial charge in [-0.05, 0) is 7.05 Å². The van der Waals surface area contributed by atoms with E-state index in [4.69, 9.17) is 10.4 Å². The van der Waals surface area contributed by atoms with Crippen LogP contribution in [-0.2, 0) is 0 Å². The molecule has 0 aromatic carbocycles. The summed E-state index contributed by atoms with van der Waals surface area (Å²) in [6, 6.07) is 1.66. The van der Waals surface area contributed by atoms with Gasteiger partial charge in [0.1, 0.15) is 0 Å². The summed E-state index contributed by atoms with van der Waals surface area (Å²) in [5.74, 6) is 0. The largest absolute Gasteiger partial charge is 0.377 e. The lowest BCUT2D eigenvalue weighted by Gasteiger charge is -1.95. The van der Waals surface area contributed by atoms with Crippen LogP contribution in [0.2, 0.25) is 0 Å². The van der Waals surface area contributed by atoms with Gasteiger partial charge in [-0.2, -0.15) is 5.26 Å². The van der Waals surface area contributed by atoms with Crippen LogP contribution in [0.5, 0.6) is 0 Å². The third-order valence-electron chi connectivity index (χ3n) is 0.546. The minimum Gasteiger partial charge on any atom is -0.377 e. The minimum absolute atomic E-state index is 0.344. The van der Waals surface area contributed by atoms with E-state index in [1.807, 2.05) is 0 Å². The molecule has 0 aliphatic heterocycles. The van der Waals surface area contributed by atoms with Crippen molar-refractivity contribution in [2.75, 3.05) is 13.6 Å². The molecular weight excluding hydrogens is 92.1 g/mol. The van der Waals surface area contributed by atoms with Crippen LogP contribution < -0.4 is 5.32 Å². The number of hydrogen-bond acceptors (Lipinski definition) is 3. The highest BCUT2D eigenvalue weighted by Crippen LogP contribution is 1.70. The Morgan fingerprint density at radius 3 is 2.71 bits per heavy atom. The molecule has 3 nitrogen and oxygen atoms in total. The van der Waals surface area contributed by atoms with E-state index in [-0.39, 0.29) is 0 Å². The number of aliphatic hydroxyl groups excluding tert-OH is 1. The van der Waals surface area contributed by atoms with E-state index >= 15 is 0 Å². The summed E-state index contributed by atoms with van der Waals surface area (Å²) in [6.45, 7) is 0.344. The van der Waals surface area contributed by atoms with Crippen LogP contribution in [0.25, 0.3) is 0 Å². The topological polar surface area (TPSA) is 56.0 Å². The highest BCUT2D eigenvalue weighted by Gasteiger charge is 1.94. The molecule has 0 rings (SSSR count). The van der Waals surface area contributed by atoms with Gasteiger partial charge < -0.3 is 10.4 Å². The third-order valence-corrected chi connectivity index (χ3v) is 0.546. The molecule has 0 bridgehead atoms. The zero-order valence-corrected chi connectivity index (χ0v) is 4.18. The highest BCUT2D eigenvalue weighted by atomic mass is 16.3. The van der Waals surface area contributed by atoms with E-state index in [0.29, 0.717) is 6.54 Å². The number of nitrogens with one attached hydrogen (secondary N) is 1. The first-order valence-electron chi connectivity index (χ1n) is 2.03. The third kappa shape index (κ3) is 3.23. The van der Waals surface area contributed by atoms with Gasteiger partial charge in [-0.25, -0.2) is 0 Å². The Hall–Kier alpha value is -0.590. The Morgan fingerprint density at radius 2 is 2.57 bits per heavy atom. The van der Waals surface area contributed by atoms with Crippen LogP contribution in [0, 0.1) is 11.3 Å². The van der Waals surface area contributed by atoms with Crippen molar-refractivity contribution in [3.05, 3.63) is 0 Å². The van der Waals surface area contributed by atoms with Gasteiger partial charge in [0.05, 0.1) is 6.07 Å². The Labute approximate surface area is 42.6 Å². The standard InChI is InChI=1S/C4H8N2O/c1-6-3-4(7)2-5/h4,6-7H,3H2,1H3. The van der Waals surface area contributed by atoms with Crippen molar-refractivity contribution in [3.63, 3.8) is 0 Å². The SMILES string of the molecule is CNCC(O)C#N. The highest BCUT2D eigenvalue weighted by molar-refractivity contribution is 4.82. The van der Waals surface area contributed by atoms with Crippen molar-refractivity contribution < 1.29 is 5.11 Å². The molecule has 0 amide bonds. The van der Waals surface area contributed by atoms with E-state index < -0.39 is 6.10 Å². The van der Waals surface area contributed by atoms with Gasteiger partial charge in [-0.1, -0.05) is 0 Å². The summed E-state index contributed by atoms with van der Waals surface area (Å²) in [5, 5.41) is 19.0. The maximum atomic E-state index is 8.43. The summed E-state index contributed by atoms with van der Waals surface area (Å²) in [6.07, 6.45) is -0.856. The molecule has 0 saturated heterocycles. The van der Waals surface area contributed by atoms with Crippen LogP contribution in [0.15, 0.2) is 0 Å². The van der Waals surface area contributed by atoms with Crippen molar-refractivity contribution in [3.8, 4) is 6.07 Å². The summed E-state index contributed by atoms with van der Waals surface area (Å²) >= 11 is 0. The van der Waals surface area contributed by atoms with Crippen LogP contribution >= 0.6 is 0 Å². The monoisotopic (exact) mass is 100 g/mol. The molecule has 0 aromatic rings. The molecule has 1 unspecified atom stereocenters. The average Bonchev–Trinajstić information content (AvgIpc) is 1.68. The molecule has 0 aliphatic carbocycles. The van der Waals surface area contributed by atoms with E-state index in [2.05, 4.69) is 5.32 Å². The summed E-state index contributed by atoms with van der Waals surface area (Å²) < 4.78 is 0. The molecule has 0 saturated carbocycles. The Kier molecular flexibility index (Phi) is 3.29. The van der Waals surface area contributed by atoms with Gasteiger partial charge in [0.2, 0.25) is 0 Å². The van der Waals surface area contributed by atoms with Crippen molar-refractivity contribution in [2.24, 2.45) is 0 Å². The van der Waals surface area contributed by atoms with Crippen LogP contribution in [0.3, 0.4) is 0 Å². The maximum Gasteiger partial charge on any atom is 0.152 e. The van der Waals surface area contributed by atoms with Gasteiger partial charge >= 0.3 is 0 Å². The average molecular weight is 100 g/mol. The smallest absolute Gasteiger partial charge is 0.152 e. The fourth-order valence-electron chi connectivity index (χ4n) is 0.239. The summed E-state index contributed by atoms with van der Waals surface area (Å²) in [4.78, 5) is 0. The molecule has 0 heterocycles. The lowest BCUT2D eigenvalue weighted by atomic mass is 10.4. The first kappa shape index (κ1) is 6.41. The maximum absolute atomic E-state index is 8.43. The molecular formula is C4H8N2O. The summed E-state index contributed by atoms with van der Waals surface area (Å²) in [5.41, 5.74) is 0. The molecule has 0 aromatic heterocycles. The molecule has 0 spiro atoms. The predicted octanol–water partition coefficient (Wildman–Crippen LogP) is -0.910. The van der Waals surface area contributed by atoms with E-state index in [1.165, 1.54) is 0 Å². The predicted molar refractivity (Wildman–Crippen MR) is 25.5 cm³/mol. The van der Waals surface area contributed by atoms with Crippen LogP contribution in [-0.4, -0.2) is 24.8 Å². The Balaban J connectivity index is 3.04. The number of hydrogen-bond donors (Lipinski definition) is 2. The first-order valence-corrected chi connectivity index (χ1v) is 2.03. The molecule has 3 heteroatoms. The lowest BCUT2D eigenvalue weighted by Crippen LogP contribution is -2.21. The lowest BCUT2D eigenvalue weighted by molar-refractivity contribution is 0.229. The van der Waals surface area contributed by atoms with Gasteiger partial charge in [0, 0.05) is 6.54 Å². The number of nitrogens with zero attached hydrogens (tertiary/aromatic N) is 1. The Morgan fingerprint density at radius 1 is 2.00 bits per heavy atom. The number of likely N-dealkylation sites (N-methyl/N-ethyl adjacent to an activating group) is 1. The molecule has 2 N–H and O–H groups in total. The molecule has 40 valence electrons. The van der Waals surface area contributed by atoms with E-state index in [9.17, 15) is 0 Å². The zero-order chi connectivity index (χ0) is 5.70. The van der Waals surface area contributed by atoms with Crippen LogP contribution in [0.1, 0.15) is 0 Å². The van der Waals surface area contributed by atoms with E-state index in [1.54, 1.807) is 13.1 Å². The second kappa shape index (κ2) is 3.59. The fraction of sp³-hybridized carbons (Fsp3) is 0.750. The second-order valence-corrected chi connectivity index (χ2v) is 1.20. The fourth-order valence-corrected chi connectivity index (χ4v) is 0.239. The van der Waals surface area contributed by atoms with Crippen LogP contribution in [0.4, 0.5) is 0 Å². The molecule has 1 atom stereocenters. The van der Waals surface area contributed by atoms with Crippen molar-refractivity contribution in [1.29, 1.82) is 5.26 Å². The molecule has 0 aliphatic rings. The van der Waals surface area contributed by atoms with E-state index in [0.717, 1.165) is 0 Å². The van der Waals surface area contributed by atoms with Gasteiger partial charge in [0.25, 0.3) is 0 Å². The number of aliphatic hydroxyl groups is 1. The van der Waals surface area contributed by atoms with Gasteiger partial charge in [0.15, 0.2) is 6.10 Å². The normalized spacial score (nSPS) is 12.7. The number of rotatable bonds is 2. The first-order chi connectivity index (χ1) is 3.31. The van der Waals surface area contributed by atoms with Crippen molar-refractivity contribution in [1.82, 2.24) is 5.32 Å².